The summed E-state index contributed by atoms with van der Waals surface area (Å²) in [6.07, 6.45) is 1.63. The zero-order chi connectivity index (χ0) is 13.5. The van der Waals surface area contributed by atoms with Crippen molar-refractivity contribution in [2.24, 2.45) is 5.10 Å². The number of hydrazone groups is 1. The lowest BCUT2D eigenvalue weighted by atomic mass is 10.2. The van der Waals surface area contributed by atoms with Gasteiger partial charge in [-0.15, -0.1) is 0 Å². The molecule has 0 radical (unpaired) electrons. The first kappa shape index (κ1) is 14.2. The number of hydrogen-bond donors (Lipinski definition) is 1. The van der Waals surface area contributed by atoms with Crippen LogP contribution in [0.15, 0.2) is 33.8 Å². The van der Waals surface area contributed by atoms with Crippen molar-refractivity contribution < 1.29 is 9.53 Å². The number of nitrogens with zero attached hydrogens (tertiary/aromatic N) is 2. The Kier molecular flexibility index (Phi) is 5.50. The van der Waals surface area contributed by atoms with Gasteiger partial charge < -0.3 is 4.74 Å². The SMILES string of the molecule is O=C(CN1CCOCC1)NN=Cc1ccccc1Br. The van der Waals surface area contributed by atoms with E-state index in [0.29, 0.717) is 19.8 Å². The first-order chi connectivity index (χ1) is 9.25. The number of carbonyl (C=O) groups excluding carboxylic acids is 1. The summed E-state index contributed by atoms with van der Waals surface area (Å²) < 4.78 is 6.17. The molecule has 1 fully saturated rings. The summed E-state index contributed by atoms with van der Waals surface area (Å²) in [5.41, 5.74) is 3.46. The molecule has 102 valence electrons. The van der Waals surface area contributed by atoms with E-state index in [-0.39, 0.29) is 5.91 Å². The number of halogens is 1. The number of benzene rings is 1. The van der Waals surface area contributed by atoms with Crippen LogP contribution in [0.5, 0.6) is 0 Å². The Morgan fingerprint density at radius 3 is 2.89 bits per heavy atom. The van der Waals surface area contributed by atoms with Gasteiger partial charge in [0.1, 0.15) is 0 Å². The Hall–Kier alpha value is -1.24. The zero-order valence-corrected chi connectivity index (χ0v) is 12.1. The van der Waals surface area contributed by atoms with Gasteiger partial charge in [0.15, 0.2) is 0 Å². The maximum Gasteiger partial charge on any atom is 0.254 e. The van der Waals surface area contributed by atoms with Crippen molar-refractivity contribution >= 4 is 28.1 Å². The van der Waals surface area contributed by atoms with Crippen LogP contribution in [-0.4, -0.2) is 49.9 Å². The van der Waals surface area contributed by atoms with Gasteiger partial charge in [-0.2, -0.15) is 5.10 Å². The van der Waals surface area contributed by atoms with E-state index in [0.717, 1.165) is 23.1 Å². The van der Waals surface area contributed by atoms with E-state index in [4.69, 9.17) is 4.74 Å². The van der Waals surface area contributed by atoms with Crippen LogP contribution in [-0.2, 0) is 9.53 Å². The number of nitrogens with one attached hydrogen (secondary N) is 1. The lowest BCUT2D eigenvalue weighted by molar-refractivity contribution is -0.123. The predicted octanol–water partition coefficient (Wildman–Crippen LogP) is 1.23. The van der Waals surface area contributed by atoms with Gasteiger partial charge in [0, 0.05) is 23.1 Å². The third kappa shape index (κ3) is 4.74. The molecule has 0 spiro atoms. The molecule has 0 saturated carbocycles. The van der Waals surface area contributed by atoms with E-state index in [2.05, 4.69) is 26.5 Å². The second kappa shape index (κ2) is 7.37. The number of amides is 1. The number of morpholine rings is 1. The van der Waals surface area contributed by atoms with Gasteiger partial charge in [-0.3, -0.25) is 9.69 Å². The monoisotopic (exact) mass is 325 g/mol. The second-order valence-corrected chi connectivity index (χ2v) is 5.06. The van der Waals surface area contributed by atoms with Crippen LogP contribution in [0.4, 0.5) is 0 Å². The van der Waals surface area contributed by atoms with Crippen molar-refractivity contribution in [1.29, 1.82) is 0 Å². The summed E-state index contributed by atoms with van der Waals surface area (Å²) in [7, 11) is 0. The highest BCUT2D eigenvalue weighted by Crippen LogP contribution is 2.13. The fourth-order valence-corrected chi connectivity index (χ4v) is 2.14. The van der Waals surface area contributed by atoms with Gasteiger partial charge in [-0.25, -0.2) is 5.43 Å². The molecule has 0 atom stereocenters. The Bertz CT molecular complexity index is 459. The summed E-state index contributed by atoms with van der Waals surface area (Å²) in [5, 5.41) is 3.96. The predicted molar refractivity (Wildman–Crippen MR) is 77.1 cm³/mol. The van der Waals surface area contributed by atoms with Gasteiger partial charge in [0.2, 0.25) is 0 Å². The van der Waals surface area contributed by atoms with Gasteiger partial charge in [0.05, 0.1) is 26.0 Å². The minimum atomic E-state index is -0.106. The van der Waals surface area contributed by atoms with E-state index in [1.165, 1.54) is 0 Å². The zero-order valence-electron chi connectivity index (χ0n) is 10.5. The Labute approximate surface area is 120 Å². The van der Waals surface area contributed by atoms with Crippen LogP contribution >= 0.6 is 15.9 Å². The molecule has 6 heteroatoms. The van der Waals surface area contributed by atoms with Crippen molar-refractivity contribution in [2.75, 3.05) is 32.8 Å². The van der Waals surface area contributed by atoms with Gasteiger partial charge in [0.25, 0.3) is 5.91 Å². The molecule has 1 N–H and O–H groups in total. The molecule has 0 aromatic heterocycles. The third-order valence-electron chi connectivity index (χ3n) is 2.77. The van der Waals surface area contributed by atoms with E-state index >= 15 is 0 Å². The second-order valence-electron chi connectivity index (χ2n) is 4.20. The van der Waals surface area contributed by atoms with E-state index in [1.807, 2.05) is 29.2 Å². The van der Waals surface area contributed by atoms with Gasteiger partial charge >= 0.3 is 0 Å². The summed E-state index contributed by atoms with van der Waals surface area (Å²) in [5.74, 6) is -0.106. The normalized spacial score (nSPS) is 16.7. The van der Waals surface area contributed by atoms with Crippen LogP contribution in [0.3, 0.4) is 0 Å². The fraction of sp³-hybridized carbons (Fsp3) is 0.385. The molecule has 1 aliphatic heterocycles. The molecule has 0 unspecified atom stereocenters. The van der Waals surface area contributed by atoms with Crippen LogP contribution in [0.25, 0.3) is 0 Å². The fourth-order valence-electron chi connectivity index (χ4n) is 1.75. The molecule has 2 rings (SSSR count). The molecule has 1 aliphatic rings. The first-order valence-electron chi connectivity index (χ1n) is 6.12. The van der Waals surface area contributed by atoms with Crippen molar-refractivity contribution in [3.05, 3.63) is 34.3 Å². The molecule has 1 amide bonds. The molecule has 0 aliphatic carbocycles. The molecule has 5 nitrogen and oxygen atoms in total. The molecule has 1 saturated heterocycles. The van der Waals surface area contributed by atoms with Crippen LogP contribution in [0.2, 0.25) is 0 Å². The van der Waals surface area contributed by atoms with Crippen LogP contribution in [0, 0.1) is 0 Å². The molecular weight excluding hydrogens is 310 g/mol. The van der Waals surface area contributed by atoms with Crippen LogP contribution in [0.1, 0.15) is 5.56 Å². The van der Waals surface area contributed by atoms with Crippen molar-refractivity contribution in [1.82, 2.24) is 10.3 Å². The molecule has 0 bridgehead atoms. The quantitative estimate of drug-likeness (QED) is 0.669. The summed E-state index contributed by atoms with van der Waals surface area (Å²) in [4.78, 5) is 13.7. The number of hydrogen-bond acceptors (Lipinski definition) is 4. The topological polar surface area (TPSA) is 53.9 Å². The Morgan fingerprint density at radius 2 is 2.16 bits per heavy atom. The van der Waals surface area contributed by atoms with E-state index in [1.54, 1.807) is 6.21 Å². The highest BCUT2D eigenvalue weighted by molar-refractivity contribution is 9.10. The maximum atomic E-state index is 11.7. The number of carbonyl (C=O) groups is 1. The minimum absolute atomic E-state index is 0.106. The van der Waals surface area contributed by atoms with E-state index < -0.39 is 0 Å². The standard InChI is InChI=1S/C13H16BrN3O2/c14-12-4-2-1-3-11(12)9-15-16-13(18)10-17-5-7-19-8-6-17/h1-4,9H,5-8,10H2,(H,16,18). The molecule has 1 heterocycles. The van der Waals surface area contributed by atoms with Crippen molar-refractivity contribution in [2.45, 2.75) is 0 Å². The van der Waals surface area contributed by atoms with Crippen molar-refractivity contribution in [3.63, 3.8) is 0 Å². The maximum absolute atomic E-state index is 11.7. The average molecular weight is 326 g/mol. The number of rotatable bonds is 4. The van der Waals surface area contributed by atoms with E-state index in [9.17, 15) is 4.79 Å². The lowest BCUT2D eigenvalue weighted by Gasteiger charge is -2.25. The third-order valence-corrected chi connectivity index (χ3v) is 3.49. The smallest absolute Gasteiger partial charge is 0.254 e. The summed E-state index contributed by atoms with van der Waals surface area (Å²) >= 11 is 3.42. The lowest BCUT2D eigenvalue weighted by Crippen LogP contribution is -2.42. The highest BCUT2D eigenvalue weighted by atomic mass is 79.9. The van der Waals surface area contributed by atoms with Gasteiger partial charge in [-0.1, -0.05) is 34.1 Å². The number of ether oxygens (including phenoxy) is 1. The summed E-state index contributed by atoms with van der Waals surface area (Å²) in [6.45, 7) is 3.32. The molecule has 19 heavy (non-hydrogen) atoms. The summed E-state index contributed by atoms with van der Waals surface area (Å²) in [6, 6.07) is 7.69. The molecule has 1 aromatic rings. The molecular formula is C13H16BrN3O2. The van der Waals surface area contributed by atoms with Gasteiger partial charge in [-0.05, 0) is 6.07 Å². The minimum Gasteiger partial charge on any atom is -0.379 e. The van der Waals surface area contributed by atoms with Crippen molar-refractivity contribution in [3.8, 4) is 0 Å². The Morgan fingerprint density at radius 1 is 1.42 bits per heavy atom. The highest BCUT2D eigenvalue weighted by Gasteiger charge is 2.13. The van der Waals surface area contributed by atoms with Crippen LogP contribution < -0.4 is 5.43 Å². The molecule has 1 aromatic carbocycles. The first-order valence-corrected chi connectivity index (χ1v) is 6.91. The Balaban J connectivity index is 1.78. The average Bonchev–Trinajstić information content (AvgIpc) is 2.42. The largest absolute Gasteiger partial charge is 0.379 e.